The van der Waals surface area contributed by atoms with E-state index >= 15 is 0 Å². The van der Waals surface area contributed by atoms with Gasteiger partial charge in [0.1, 0.15) is 18.3 Å². The van der Waals surface area contributed by atoms with E-state index in [9.17, 15) is 0 Å². The van der Waals surface area contributed by atoms with E-state index < -0.39 is 0 Å². The Labute approximate surface area is 197 Å². The molecule has 0 fully saturated rings. The fraction of sp³-hybridized carbons (Fsp3) is 0.200. The molecule has 34 heavy (non-hydrogen) atoms. The van der Waals surface area contributed by atoms with E-state index in [2.05, 4.69) is 43.7 Å². The highest BCUT2D eigenvalue weighted by Gasteiger charge is 2.24. The summed E-state index contributed by atoms with van der Waals surface area (Å²) in [6, 6.07) is 8.02. The molecule has 9 nitrogen and oxygen atoms in total. The lowest BCUT2D eigenvalue weighted by Crippen LogP contribution is -2.27. The van der Waals surface area contributed by atoms with Crippen molar-refractivity contribution in [3.63, 3.8) is 0 Å². The first-order valence-corrected chi connectivity index (χ1v) is 11.1. The Hall–Kier alpha value is -4.40. The third-order valence-corrected chi connectivity index (χ3v) is 5.33. The van der Waals surface area contributed by atoms with Gasteiger partial charge in [-0.3, -0.25) is 9.88 Å². The SMILES string of the molecule is C1=CCCC(CN(C2=COC=CO2)c2nnc(-c3cccnc3NCCc3cccnc3)o2)=C1. The van der Waals surface area contributed by atoms with Crippen molar-refractivity contribution in [2.45, 2.75) is 19.3 Å². The summed E-state index contributed by atoms with van der Waals surface area (Å²) in [7, 11) is 0. The van der Waals surface area contributed by atoms with E-state index in [1.807, 2.05) is 30.5 Å². The Morgan fingerprint density at radius 2 is 2.06 bits per heavy atom. The van der Waals surface area contributed by atoms with E-state index in [1.54, 1.807) is 17.3 Å². The number of anilines is 2. The van der Waals surface area contributed by atoms with Crippen LogP contribution in [0.15, 0.2) is 95.7 Å². The summed E-state index contributed by atoms with van der Waals surface area (Å²) >= 11 is 0. The quantitative estimate of drug-likeness (QED) is 0.496. The zero-order valence-electron chi connectivity index (χ0n) is 18.5. The Balaban J connectivity index is 1.36. The number of allylic oxidation sites excluding steroid dienone is 3. The fourth-order valence-corrected chi connectivity index (χ4v) is 3.63. The standard InChI is InChI=1S/C25H24N6O3/c1-2-6-20(7-3-1)17-31(22-18-32-14-15-33-22)25-30-29-24(34-25)21-9-5-12-27-23(21)28-13-10-19-8-4-11-26-16-19/h1-2,4-6,8-9,11-12,14-16,18H,3,7,10,13,17H2,(H,27,28). The highest BCUT2D eigenvalue weighted by molar-refractivity contribution is 5.69. The summed E-state index contributed by atoms with van der Waals surface area (Å²) in [6.45, 7) is 1.23. The van der Waals surface area contributed by atoms with Crippen LogP contribution in [0.1, 0.15) is 18.4 Å². The number of nitrogens with zero attached hydrogens (tertiary/aromatic N) is 5. The lowest BCUT2D eigenvalue weighted by atomic mass is 10.1. The molecule has 3 aromatic heterocycles. The van der Waals surface area contributed by atoms with Gasteiger partial charge in [-0.1, -0.05) is 29.4 Å². The first kappa shape index (κ1) is 21.4. The van der Waals surface area contributed by atoms with Crippen LogP contribution < -0.4 is 10.2 Å². The van der Waals surface area contributed by atoms with Crippen molar-refractivity contribution < 1.29 is 13.9 Å². The Morgan fingerprint density at radius 1 is 1.09 bits per heavy atom. The van der Waals surface area contributed by atoms with E-state index in [-0.39, 0.29) is 0 Å². The second-order valence-electron chi connectivity index (χ2n) is 7.69. The third kappa shape index (κ3) is 5.15. The van der Waals surface area contributed by atoms with Crippen LogP contribution in [-0.4, -0.2) is 33.3 Å². The largest absolute Gasteiger partial charge is 0.464 e. The predicted molar refractivity (Wildman–Crippen MR) is 127 cm³/mol. The molecule has 0 saturated carbocycles. The molecule has 0 unspecified atom stereocenters. The maximum atomic E-state index is 6.10. The Bertz CT molecular complexity index is 1230. The summed E-state index contributed by atoms with van der Waals surface area (Å²) in [4.78, 5) is 10.4. The molecule has 0 atom stereocenters. The van der Waals surface area contributed by atoms with Gasteiger partial charge in [0.05, 0.1) is 12.1 Å². The van der Waals surface area contributed by atoms with Gasteiger partial charge < -0.3 is 19.2 Å². The smallest absolute Gasteiger partial charge is 0.325 e. The van der Waals surface area contributed by atoms with Gasteiger partial charge in [0, 0.05) is 25.1 Å². The highest BCUT2D eigenvalue weighted by atomic mass is 16.5. The zero-order chi connectivity index (χ0) is 23.0. The van der Waals surface area contributed by atoms with E-state index in [0.29, 0.717) is 36.7 Å². The molecule has 4 heterocycles. The topological polar surface area (TPSA) is 98.4 Å². The van der Waals surface area contributed by atoms with Crippen LogP contribution in [0.3, 0.4) is 0 Å². The molecule has 1 aliphatic carbocycles. The minimum absolute atomic E-state index is 0.306. The minimum Gasteiger partial charge on any atom is -0.464 e. The van der Waals surface area contributed by atoms with Gasteiger partial charge in [0.2, 0.25) is 5.88 Å². The predicted octanol–water partition coefficient (Wildman–Crippen LogP) is 4.58. The van der Waals surface area contributed by atoms with Gasteiger partial charge in [-0.2, -0.15) is 0 Å². The van der Waals surface area contributed by atoms with Crippen LogP contribution in [0.25, 0.3) is 11.5 Å². The van der Waals surface area contributed by atoms with Crippen molar-refractivity contribution in [3.8, 4) is 11.5 Å². The molecule has 0 aromatic carbocycles. The maximum absolute atomic E-state index is 6.10. The lowest BCUT2D eigenvalue weighted by molar-refractivity contribution is 0.245. The normalized spacial score (nSPS) is 14.6. The molecule has 0 amide bonds. The van der Waals surface area contributed by atoms with Crippen LogP contribution >= 0.6 is 0 Å². The Morgan fingerprint density at radius 3 is 2.88 bits per heavy atom. The number of aromatic nitrogens is 4. The second-order valence-corrected chi connectivity index (χ2v) is 7.69. The van der Waals surface area contributed by atoms with Crippen molar-refractivity contribution in [1.29, 1.82) is 0 Å². The molecule has 5 rings (SSSR count). The van der Waals surface area contributed by atoms with Gasteiger partial charge in [-0.15, -0.1) is 5.10 Å². The highest BCUT2D eigenvalue weighted by Crippen LogP contribution is 2.30. The average Bonchev–Trinajstić information content (AvgIpc) is 3.39. The van der Waals surface area contributed by atoms with Crippen molar-refractivity contribution >= 4 is 11.8 Å². The van der Waals surface area contributed by atoms with Crippen molar-refractivity contribution in [3.05, 3.63) is 96.9 Å². The number of hydrogen-bond acceptors (Lipinski definition) is 9. The minimum atomic E-state index is 0.306. The first-order chi connectivity index (χ1) is 16.9. The van der Waals surface area contributed by atoms with E-state index in [0.717, 1.165) is 30.4 Å². The second kappa shape index (κ2) is 10.5. The number of rotatable bonds is 9. The molecule has 0 saturated heterocycles. The zero-order valence-corrected chi connectivity index (χ0v) is 18.5. The summed E-state index contributed by atoms with van der Waals surface area (Å²) < 4.78 is 17.1. The average molecular weight is 457 g/mol. The molecule has 1 aliphatic heterocycles. The third-order valence-electron chi connectivity index (χ3n) is 5.33. The molecule has 1 N–H and O–H groups in total. The molecule has 172 valence electrons. The Kier molecular flexibility index (Phi) is 6.61. The van der Waals surface area contributed by atoms with Gasteiger partial charge >= 0.3 is 6.01 Å². The van der Waals surface area contributed by atoms with Crippen LogP contribution in [-0.2, 0) is 15.9 Å². The van der Waals surface area contributed by atoms with Crippen LogP contribution in [0, 0.1) is 0 Å². The molecule has 2 aliphatic rings. The van der Waals surface area contributed by atoms with Crippen LogP contribution in [0.5, 0.6) is 0 Å². The molecule has 9 heteroatoms. The summed E-state index contributed by atoms with van der Waals surface area (Å²) in [6.07, 6.45) is 18.9. The van der Waals surface area contributed by atoms with E-state index in [4.69, 9.17) is 13.9 Å². The molecule has 0 radical (unpaired) electrons. The summed E-state index contributed by atoms with van der Waals surface area (Å²) in [5.74, 6) is 1.50. The number of nitrogens with one attached hydrogen (secondary N) is 1. The van der Waals surface area contributed by atoms with Crippen molar-refractivity contribution in [2.75, 3.05) is 23.3 Å². The van der Waals surface area contributed by atoms with E-state index in [1.165, 1.54) is 24.4 Å². The van der Waals surface area contributed by atoms with Crippen molar-refractivity contribution in [2.24, 2.45) is 0 Å². The number of hydrogen-bond donors (Lipinski definition) is 1. The van der Waals surface area contributed by atoms with Gasteiger partial charge in [0.25, 0.3) is 5.89 Å². The van der Waals surface area contributed by atoms with Crippen LogP contribution in [0.4, 0.5) is 11.8 Å². The number of pyridine rings is 2. The first-order valence-electron chi connectivity index (χ1n) is 11.1. The van der Waals surface area contributed by atoms with Crippen molar-refractivity contribution in [1.82, 2.24) is 20.2 Å². The number of ether oxygens (including phenoxy) is 2. The molecular formula is C25H24N6O3. The molecule has 3 aromatic rings. The van der Waals surface area contributed by atoms with Gasteiger partial charge in [0.15, 0.2) is 6.26 Å². The molecule has 0 bridgehead atoms. The molecule has 0 spiro atoms. The fourth-order valence-electron chi connectivity index (χ4n) is 3.63. The lowest BCUT2D eigenvalue weighted by Gasteiger charge is -2.24. The van der Waals surface area contributed by atoms with Gasteiger partial charge in [-0.25, -0.2) is 4.98 Å². The monoisotopic (exact) mass is 456 g/mol. The van der Waals surface area contributed by atoms with Crippen LogP contribution in [0.2, 0.25) is 0 Å². The molecular weight excluding hydrogens is 432 g/mol. The van der Waals surface area contributed by atoms with Gasteiger partial charge in [-0.05, 0) is 48.6 Å². The maximum Gasteiger partial charge on any atom is 0.325 e. The summed E-state index contributed by atoms with van der Waals surface area (Å²) in [5.41, 5.74) is 3.09. The summed E-state index contributed by atoms with van der Waals surface area (Å²) in [5, 5.41) is 12.0.